The van der Waals surface area contributed by atoms with E-state index in [9.17, 15) is 23.1 Å². The number of amides is 1. The van der Waals surface area contributed by atoms with Crippen molar-refractivity contribution < 1.29 is 27.9 Å². The molecule has 31 heavy (non-hydrogen) atoms. The Labute approximate surface area is 193 Å². The molecule has 0 spiro atoms. The normalized spacial score (nSPS) is 14.4. The second-order valence-corrected chi connectivity index (χ2v) is 9.82. The number of esters is 1. The first-order valence-electron chi connectivity index (χ1n) is 9.04. The van der Waals surface area contributed by atoms with E-state index in [1.165, 1.54) is 22.5 Å². The number of nitrogens with zero attached hydrogens (tertiary/aromatic N) is 1. The summed E-state index contributed by atoms with van der Waals surface area (Å²) in [6.45, 7) is 0.0683. The third-order valence-corrected chi connectivity index (χ3v) is 7.44. The van der Waals surface area contributed by atoms with Gasteiger partial charge < -0.3 is 15.2 Å². The summed E-state index contributed by atoms with van der Waals surface area (Å²) in [5.41, 5.74) is -0.209. The molecule has 1 amide bonds. The van der Waals surface area contributed by atoms with Gasteiger partial charge in [-0.05, 0) is 43.2 Å². The number of carbonyl (C=O) groups is 2. The van der Waals surface area contributed by atoms with Crippen LogP contribution in [0.4, 0.5) is 5.69 Å². The molecule has 0 atom stereocenters. The SMILES string of the molecule is O=C(COC(=O)c1cc(S(=O)(=O)N2CCCC2)ccc1O)Nc1cc(Cl)c(Cl)cc1Cl. The standard InChI is InChI=1S/C19H17Cl3N2O6S/c20-13-8-15(22)16(9-14(13)21)23-18(26)10-30-19(27)12-7-11(3-4-17(12)25)31(28,29)24-5-1-2-6-24/h3-4,7-9,25H,1-2,5-6,10H2,(H,23,26). The van der Waals surface area contributed by atoms with E-state index >= 15 is 0 Å². The van der Waals surface area contributed by atoms with Crippen LogP contribution in [0.2, 0.25) is 15.1 Å². The summed E-state index contributed by atoms with van der Waals surface area (Å²) in [4.78, 5) is 24.3. The molecule has 166 valence electrons. The number of nitrogens with one attached hydrogen (secondary N) is 1. The van der Waals surface area contributed by atoms with E-state index in [1.54, 1.807) is 0 Å². The summed E-state index contributed by atoms with van der Waals surface area (Å²) >= 11 is 17.7. The van der Waals surface area contributed by atoms with Crippen LogP contribution in [0.5, 0.6) is 5.75 Å². The molecule has 0 aliphatic carbocycles. The van der Waals surface area contributed by atoms with Crippen LogP contribution in [0.3, 0.4) is 0 Å². The molecule has 2 N–H and O–H groups in total. The van der Waals surface area contributed by atoms with Gasteiger partial charge in [0.1, 0.15) is 11.3 Å². The second-order valence-electron chi connectivity index (χ2n) is 6.66. The van der Waals surface area contributed by atoms with Crippen LogP contribution in [0, 0.1) is 0 Å². The first kappa shape index (κ1) is 23.6. The molecule has 1 fully saturated rings. The Bertz CT molecular complexity index is 1130. The zero-order valence-electron chi connectivity index (χ0n) is 15.9. The van der Waals surface area contributed by atoms with E-state index in [2.05, 4.69) is 5.32 Å². The number of aromatic hydroxyl groups is 1. The highest BCUT2D eigenvalue weighted by Crippen LogP contribution is 2.32. The molecule has 1 heterocycles. The molecule has 1 saturated heterocycles. The van der Waals surface area contributed by atoms with Crippen LogP contribution in [0.1, 0.15) is 23.2 Å². The van der Waals surface area contributed by atoms with Crippen molar-refractivity contribution in [2.24, 2.45) is 0 Å². The molecule has 2 aromatic carbocycles. The molecule has 3 rings (SSSR count). The lowest BCUT2D eigenvalue weighted by Gasteiger charge is -2.16. The number of hydrogen-bond acceptors (Lipinski definition) is 6. The Morgan fingerprint density at radius 3 is 2.35 bits per heavy atom. The second kappa shape index (κ2) is 9.62. The first-order chi connectivity index (χ1) is 14.6. The van der Waals surface area contributed by atoms with Gasteiger partial charge in [0, 0.05) is 13.1 Å². The molecule has 0 radical (unpaired) electrons. The molecular weight excluding hydrogens is 491 g/mol. The highest BCUT2D eigenvalue weighted by atomic mass is 35.5. The minimum atomic E-state index is -3.80. The summed E-state index contributed by atoms with van der Waals surface area (Å²) in [5.74, 6) is -2.27. The number of rotatable bonds is 6. The Hall–Kier alpha value is -2.04. The number of ether oxygens (including phenoxy) is 1. The summed E-state index contributed by atoms with van der Waals surface area (Å²) in [7, 11) is -3.80. The van der Waals surface area contributed by atoms with Crippen molar-refractivity contribution in [3.8, 4) is 5.75 Å². The number of phenolic OH excluding ortho intramolecular Hbond substituents is 1. The lowest BCUT2D eigenvalue weighted by atomic mass is 10.2. The van der Waals surface area contributed by atoms with Crippen LogP contribution in [-0.4, -0.2) is 49.4 Å². The van der Waals surface area contributed by atoms with Gasteiger partial charge in [-0.1, -0.05) is 34.8 Å². The Morgan fingerprint density at radius 2 is 1.68 bits per heavy atom. The first-order valence-corrected chi connectivity index (χ1v) is 11.6. The van der Waals surface area contributed by atoms with Gasteiger partial charge in [0.25, 0.3) is 5.91 Å². The number of halogens is 3. The average molecular weight is 508 g/mol. The molecule has 0 unspecified atom stereocenters. The van der Waals surface area contributed by atoms with E-state index in [1.807, 2.05) is 0 Å². The largest absolute Gasteiger partial charge is 0.507 e. The minimum Gasteiger partial charge on any atom is -0.507 e. The number of hydrogen-bond donors (Lipinski definition) is 2. The van der Waals surface area contributed by atoms with Crippen LogP contribution in [-0.2, 0) is 19.6 Å². The Morgan fingerprint density at radius 1 is 1.03 bits per heavy atom. The van der Waals surface area contributed by atoms with Crippen LogP contribution < -0.4 is 5.32 Å². The van der Waals surface area contributed by atoms with Gasteiger partial charge in [0.2, 0.25) is 10.0 Å². The average Bonchev–Trinajstić information content (AvgIpc) is 3.26. The summed E-state index contributed by atoms with van der Waals surface area (Å²) in [6.07, 6.45) is 1.51. The summed E-state index contributed by atoms with van der Waals surface area (Å²) < 4.78 is 31.6. The van der Waals surface area contributed by atoms with E-state index < -0.39 is 34.3 Å². The molecule has 0 saturated carbocycles. The van der Waals surface area contributed by atoms with Crippen molar-refractivity contribution in [3.05, 3.63) is 51.0 Å². The molecule has 2 aromatic rings. The highest BCUT2D eigenvalue weighted by Gasteiger charge is 2.29. The number of anilines is 1. The fourth-order valence-electron chi connectivity index (χ4n) is 2.93. The van der Waals surface area contributed by atoms with Gasteiger partial charge in [-0.2, -0.15) is 4.31 Å². The van der Waals surface area contributed by atoms with E-state index in [-0.39, 0.29) is 31.2 Å². The number of benzene rings is 2. The predicted molar refractivity (Wildman–Crippen MR) is 116 cm³/mol. The molecule has 0 aromatic heterocycles. The minimum absolute atomic E-state index is 0.131. The quantitative estimate of drug-likeness (QED) is 0.452. The third kappa shape index (κ3) is 5.42. The maximum absolute atomic E-state index is 12.7. The summed E-state index contributed by atoms with van der Waals surface area (Å²) in [5, 5.41) is 12.9. The maximum Gasteiger partial charge on any atom is 0.342 e. The van der Waals surface area contributed by atoms with Gasteiger partial charge in [0.15, 0.2) is 6.61 Å². The lowest BCUT2D eigenvalue weighted by Crippen LogP contribution is -2.28. The van der Waals surface area contributed by atoms with Gasteiger partial charge in [-0.15, -0.1) is 0 Å². The Balaban J connectivity index is 1.69. The van der Waals surface area contributed by atoms with Crippen molar-refractivity contribution in [1.82, 2.24) is 4.31 Å². The molecule has 1 aliphatic heterocycles. The monoisotopic (exact) mass is 506 g/mol. The molecular formula is C19H17Cl3N2O6S. The lowest BCUT2D eigenvalue weighted by molar-refractivity contribution is -0.119. The van der Waals surface area contributed by atoms with Crippen molar-refractivity contribution in [2.45, 2.75) is 17.7 Å². The van der Waals surface area contributed by atoms with Crippen LogP contribution >= 0.6 is 34.8 Å². The Kier molecular flexibility index (Phi) is 7.33. The topological polar surface area (TPSA) is 113 Å². The van der Waals surface area contributed by atoms with Crippen molar-refractivity contribution in [3.63, 3.8) is 0 Å². The van der Waals surface area contributed by atoms with Crippen molar-refractivity contribution >= 4 is 62.4 Å². The van der Waals surface area contributed by atoms with E-state index in [0.717, 1.165) is 25.0 Å². The van der Waals surface area contributed by atoms with E-state index in [0.29, 0.717) is 13.1 Å². The fraction of sp³-hybridized carbons (Fsp3) is 0.263. The third-order valence-electron chi connectivity index (χ3n) is 4.51. The fourth-order valence-corrected chi connectivity index (χ4v) is 5.07. The predicted octanol–water partition coefficient (Wildman–Crippen LogP) is 3.93. The number of sulfonamides is 1. The highest BCUT2D eigenvalue weighted by molar-refractivity contribution is 7.89. The molecule has 1 aliphatic rings. The maximum atomic E-state index is 12.7. The smallest absolute Gasteiger partial charge is 0.342 e. The zero-order valence-corrected chi connectivity index (χ0v) is 19.0. The van der Waals surface area contributed by atoms with Gasteiger partial charge in [-0.3, -0.25) is 4.79 Å². The van der Waals surface area contributed by atoms with Gasteiger partial charge in [0.05, 0.1) is 25.7 Å². The van der Waals surface area contributed by atoms with Crippen molar-refractivity contribution in [1.29, 1.82) is 0 Å². The van der Waals surface area contributed by atoms with Crippen LogP contribution in [0.15, 0.2) is 35.2 Å². The molecule has 8 nitrogen and oxygen atoms in total. The van der Waals surface area contributed by atoms with E-state index in [4.69, 9.17) is 39.5 Å². The van der Waals surface area contributed by atoms with Crippen molar-refractivity contribution in [2.75, 3.05) is 25.0 Å². The van der Waals surface area contributed by atoms with Gasteiger partial charge in [-0.25, -0.2) is 13.2 Å². The zero-order chi connectivity index (χ0) is 22.8. The van der Waals surface area contributed by atoms with Gasteiger partial charge >= 0.3 is 5.97 Å². The number of carbonyl (C=O) groups excluding carboxylic acids is 2. The molecule has 12 heteroatoms. The molecule has 0 bridgehead atoms. The summed E-state index contributed by atoms with van der Waals surface area (Å²) in [6, 6.07) is 6.01. The number of phenols is 1. The van der Waals surface area contributed by atoms with Crippen LogP contribution in [0.25, 0.3) is 0 Å².